The minimum Gasteiger partial charge on any atom is -0.496 e. The zero-order valence-corrected chi connectivity index (χ0v) is 11.1. The molecule has 0 aromatic heterocycles. The van der Waals surface area contributed by atoms with Crippen molar-refractivity contribution in [2.75, 3.05) is 7.11 Å². The van der Waals surface area contributed by atoms with Crippen LogP contribution in [0.15, 0.2) is 42.5 Å². The fourth-order valence-corrected chi connectivity index (χ4v) is 1.86. The number of carbonyl (C=O) groups excluding carboxylic acids is 1. The van der Waals surface area contributed by atoms with Gasteiger partial charge >= 0.3 is 0 Å². The Labute approximate surface area is 112 Å². The third-order valence-corrected chi connectivity index (χ3v) is 2.82. The van der Waals surface area contributed by atoms with Crippen molar-refractivity contribution in [3.05, 3.63) is 59.2 Å². The van der Waals surface area contributed by atoms with E-state index in [-0.39, 0.29) is 0 Å². The van der Waals surface area contributed by atoms with Crippen LogP contribution in [0.2, 0.25) is 0 Å². The van der Waals surface area contributed by atoms with Crippen LogP contribution in [0.4, 0.5) is 0 Å². The molecule has 2 aromatic rings. The Hall–Kier alpha value is -2.29. The zero-order chi connectivity index (χ0) is 13.7. The summed E-state index contributed by atoms with van der Waals surface area (Å²) in [4.78, 5) is 10.7. The molecule has 0 amide bonds. The highest BCUT2D eigenvalue weighted by atomic mass is 16.5. The van der Waals surface area contributed by atoms with Crippen molar-refractivity contribution in [3.63, 3.8) is 0 Å². The van der Waals surface area contributed by atoms with Crippen molar-refractivity contribution in [1.29, 1.82) is 0 Å². The number of aldehydes is 1. The number of rotatable bonds is 5. The van der Waals surface area contributed by atoms with Gasteiger partial charge in [0.25, 0.3) is 0 Å². The second kappa shape index (κ2) is 6.05. The zero-order valence-electron chi connectivity index (χ0n) is 11.1. The Bertz CT molecular complexity index is 576. The highest BCUT2D eigenvalue weighted by Gasteiger charge is 2.04. The van der Waals surface area contributed by atoms with Crippen LogP contribution in [0.3, 0.4) is 0 Å². The van der Waals surface area contributed by atoms with Gasteiger partial charge in [0, 0.05) is 11.1 Å². The largest absolute Gasteiger partial charge is 0.496 e. The van der Waals surface area contributed by atoms with Gasteiger partial charge in [0.15, 0.2) is 0 Å². The van der Waals surface area contributed by atoms with Gasteiger partial charge in [-0.3, -0.25) is 4.79 Å². The molecule has 0 heterocycles. The number of aryl methyl sites for hydroxylation is 1. The molecule has 0 aliphatic rings. The summed E-state index contributed by atoms with van der Waals surface area (Å²) in [6.07, 6.45) is 0.806. The molecule has 0 radical (unpaired) electrons. The summed E-state index contributed by atoms with van der Waals surface area (Å²) in [5, 5.41) is 0. The molecule has 0 unspecified atom stereocenters. The SMILES string of the molecule is COc1ccc(C)cc1COc1cccc(C=O)c1. The van der Waals surface area contributed by atoms with Gasteiger partial charge in [0.05, 0.1) is 7.11 Å². The lowest BCUT2D eigenvalue weighted by atomic mass is 10.1. The molecule has 0 aliphatic carbocycles. The van der Waals surface area contributed by atoms with E-state index < -0.39 is 0 Å². The van der Waals surface area contributed by atoms with Gasteiger partial charge in [0.2, 0.25) is 0 Å². The molecule has 98 valence electrons. The van der Waals surface area contributed by atoms with E-state index in [0.29, 0.717) is 17.9 Å². The number of hydrogen-bond donors (Lipinski definition) is 0. The van der Waals surface area contributed by atoms with Gasteiger partial charge in [0.1, 0.15) is 24.4 Å². The average Bonchev–Trinajstić information content (AvgIpc) is 2.45. The maximum atomic E-state index is 10.7. The van der Waals surface area contributed by atoms with E-state index in [0.717, 1.165) is 23.2 Å². The molecule has 0 atom stereocenters. The van der Waals surface area contributed by atoms with Gasteiger partial charge in [-0.25, -0.2) is 0 Å². The molecular formula is C16H16O3. The Kier molecular flexibility index (Phi) is 4.18. The Morgan fingerprint density at radius 1 is 1.16 bits per heavy atom. The summed E-state index contributed by atoms with van der Waals surface area (Å²) in [5.41, 5.74) is 2.74. The lowest BCUT2D eigenvalue weighted by Crippen LogP contribution is -1.99. The van der Waals surface area contributed by atoms with Crippen LogP contribution in [-0.2, 0) is 6.61 Å². The van der Waals surface area contributed by atoms with E-state index >= 15 is 0 Å². The fourth-order valence-electron chi connectivity index (χ4n) is 1.86. The summed E-state index contributed by atoms with van der Waals surface area (Å²) >= 11 is 0. The lowest BCUT2D eigenvalue weighted by molar-refractivity contribution is 0.112. The molecule has 0 saturated heterocycles. The van der Waals surface area contributed by atoms with Gasteiger partial charge in [-0.05, 0) is 31.2 Å². The van der Waals surface area contributed by atoms with Gasteiger partial charge < -0.3 is 9.47 Å². The summed E-state index contributed by atoms with van der Waals surface area (Å²) in [6, 6.07) is 13.0. The van der Waals surface area contributed by atoms with Crippen LogP contribution in [0.5, 0.6) is 11.5 Å². The number of hydrogen-bond acceptors (Lipinski definition) is 3. The summed E-state index contributed by atoms with van der Waals surface area (Å²) in [5.74, 6) is 1.48. The number of benzene rings is 2. The van der Waals surface area contributed by atoms with Crippen LogP contribution < -0.4 is 9.47 Å². The third-order valence-electron chi connectivity index (χ3n) is 2.82. The highest BCUT2D eigenvalue weighted by Crippen LogP contribution is 2.22. The van der Waals surface area contributed by atoms with E-state index in [4.69, 9.17) is 9.47 Å². The molecule has 0 saturated carbocycles. The quantitative estimate of drug-likeness (QED) is 0.769. The smallest absolute Gasteiger partial charge is 0.150 e. The normalized spacial score (nSPS) is 10.0. The van der Waals surface area contributed by atoms with Gasteiger partial charge in [-0.2, -0.15) is 0 Å². The minimum atomic E-state index is 0.410. The lowest BCUT2D eigenvalue weighted by Gasteiger charge is -2.11. The van der Waals surface area contributed by atoms with Gasteiger partial charge in [-0.15, -0.1) is 0 Å². The molecule has 0 spiro atoms. The van der Waals surface area contributed by atoms with Crippen molar-refractivity contribution in [1.82, 2.24) is 0 Å². The van der Waals surface area contributed by atoms with Crippen LogP contribution >= 0.6 is 0 Å². The van der Waals surface area contributed by atoms with Crippen molar-refractivity contribution in [3.8, 4) is 11.5 Å². The van der Waals surface area contributed by atoms with E-state index in [2.05, 4.69) is 0 Å². The predicted octanol–water partition coefficient (Wildman–Crippen LogP) is 3.40. The van der Waals surface area contributed by atoms with Crippen LogP contribution in [0, 0.1) is 6.92 Å². The van der Waals surface area contributed by atoms with Crippen LogP contribution in [0.1, 0.15) is 21.5 Å². The first-order chi connectivity index (χ1) is 9.22. The molecule has 19 heavy (non-hydrogen) atoms. The van der Waals surface area contributed by atoms with Crippen molar-refractivity contribution in [2.45, 2.75) is 13.5 Å². The second-order valence-electron chi connectivity index (χ2n) is 4.29. The van der Waals surface area contributed by atoms with Crippen LogP contribution in [-0.4, -0.2) is 13.4 Å². The first-order valence-corrected chi connectivity index (χ1v) is 6.04. The molecular weight excluding hydrogens is 240 g/mol. The van der Waals surface area contributed by atoms with E-state index in [9.17, 15) is 4.79 Å². The monoisotopic (exact) mass is 256 g/mol. The summed E-state index contributed by atoms with van der Waals surface area (Å²) < 4.78 is 11.0. The Balaban J connectivity index is 2.13. The Morgan fingerprint density at radius 2 is 2.00 bits per heavy atom. The summed E-state index contributed by atoms with van der Waals surface area (Å²) in [6.45, 7) is 2.43. The van der Waals surface area contributed by atoms with E-state index in [1.807, 2.05) is 31.2 Å². The fraction of sp³-hybridized carbons (Fsp3) is 0.188. The van der Waals surface area contributed by atoms with E-state index in [1.165, 1.54) is 0 Å². The van der Waals surface area contributed by atoms with Crippen molar-refractivity contribution in [2.24, 2.45) is 0 Å². The van der Waals surface area contributed by atoms with Gasteiger partial charge in [-0.1, -0.05) is 23.8 Å². The number of ether oxygens (including phenoxy) is 2. The molecule has 3 nitrogen and oxygen atoms in total. The topological polar surface area (TPSA) is 35.5 Å². The standard InChI is InChI=1S/C16H16O3/c1-12-6-7-16(18-2)14(8-12)11-19-15-5-3-4-13(9-15)10-17/h3-10H,11H2,1-2H3. The number of methoxy groups -OCH3 is 1. The molecule has 0 aliphatic heterocycles. The number of carbonyl (C=O) groups is 1. The molecule has 2 rings (SSSR count). The maximum Gasteiger partial charge on any atom is 0.150 e. The first kappa shape index (κ1) is 13.1. The summed E-state index contributed by atoms with van der Waals surface area (Å²) in [7, 11) is 1.64. The molecule has 3 heteroatoms. The maximum absolute atomic E-state index is 10.7. The van der Waals surface area contributed by atoms with E-state index in [1.54, 1.807) is 25.3 Å². The third kappa shape index (κ3) is 3.35. The molecule has 2 aromatic carbocycles. The predicted molar refractivity (Wildman–Crippen MR) is 73.9 cm³/mol. The van der Waals surface area contributed by atoms with Crippen molar-refractivity contribution >= 4 is 6.29 Å². The molecule has 0 N–H and O–H groups in total. The second-order valence-corrected chi connectivity index (χ2v) is 4.29. The first-order valence-electron chi connectivity index (χ1n) is 6.04. The average molecular weight is 256 g/mol. The molecule has 0 fully saturated rings. The Morgan fingerprint density at radius 3 is 2.74 bits per heavy atom. The highest BCUT2D eigenvalue weighted by molar-refractivity contribution is 5.75. The molecule has 0 bridgehead atoms. The minimum absolute atomic E-state index is 0.410. The van der Waals surface area contributed by atoms with Crippen molar-refractivity contribution < 1.29 is 14.3 Å². The van der Waals surface area contributed by atoms with Crippen LogP contribution in [0.25, 0.3) is 0 Å².